The minimum absolute atomic E-state index is 0.00351. The fourth-order valence-corrected chi connectivity index (χ4v) is 3.73. The van der Waals surface area contributed by atoms with Gasteiger partial charge in [-0.15, -0.1) is 0 Å². The van der Waals surface area contributed by atoms with Gasteiger partial charge in [0.1, 0.15) is 6.10 Å². The van der Waals surface area contributed by atoms with Gasteiger partial charge in [0.2, 0.25) is 0 Å². The zero-order valence-electron chi connectivity index (χ0n) is 21.6. The lowest BCUT2D eigenvalue weighted by Crippen LogP contribution is -2.29. The number of ether oxygens (including phenoxy) is 4. The highest BCUT2D eigenvalue weighted by Crippen LogP contribution is 2.33. The smallest absolute Gasteiger partial charge is 0.330 e. The fraction of sp³-hybridized carbons (Fsp3) is 0.276. The Labute approximate surface area is 225 Å². The Balaban J connectivity index is 1.50. The molecule has 0 aliphatic heterocycles. The Morgan fingerprint density at radius 2 is 1.56 bits per heavy atom. The molecule has 0 fully saturated rings. The Hall–Kier alpha value is -4.41. The van der Waals surface area contributed by atoms with Gasteiger partial charge in [-0.05, 0) is 72.0 Å². The van der Waals surface area contributed by atoms with Gasteiger partial charge in [0, 0.05) is 6.08 Å². The molecule has 0 saturated heterocycles. The molecule has 2 atom stereocenters. The minimum atomic E-state index is -1.26. The molecule has 3 rings (SSSR count). The van der Waals surface area contributed by atoms with Crippen molar-refractivity contribution in [2.24, 2.45) is 0 Å². The number of aromatic hydroxyl groups is 3. The van der Waals surface area contributed by atoms with Crippen LogP contribution in [0.25, 0.3) is 6.08 Å². The number of carbonyl (C=O) groups excluding carboxylic acids is 1. The molecule has 0 aliphatic rings. The minimum Gasteiger partial charge on any atom is -0.504 e. The summed E-state index contributed by atoms with van der Waals surface area (Å²) in [7, 11) is 2.81. The maximum Gasteiger partial charge on any atom is 0.330 e. The number of benzene rings is 3. The molecule has 39 heavy (non-hydrogen) atoms. The lowest BCUT2D eigenvalue weighted by atomic mass is 10.0. The zero-order valence-corrected chi connectivity index (χ0v) is 21.6. The number of methoxy groups -OCH3 is 2. The Morgan fingerprint density at radius 1 is 0.872 bits per heavy atom. The van der Waals surface area contributed by atoms with Crippen LogP contribution in [0.2, 0.25) is 0 Å². The van der Waals surface area contributed by atoms with Crippen molar-refractivity contribution in [1.82, 2.24) is 0 Å². The summed E-state index contributed by atoms with van der Waals surface area (Å²) in [4.78, 5) is 12.0. The second kappa shape index (κ2) is 13.9. The SMILES string of the molecule is COc1cc(/C=C/C(=O)OCCCc2ccc(O[C@H](CO)[C@@H](O)c3ccc(O)c(OC)c3)c(O)c2)ccc1O. The highest BCUT2D eigenvalue weighted by Gasteiger charge is 2.24. The molecule has 0 unspecified atom stereocenters. The number of esters is 1. The molecule has 0 amide bonds. The van der Waals surface area contributed by atoms with E-state index in [2.05, 4.69) is 0 Å². The normalized spacial score (nSPS) is 12.6. The monoisotopic (exact) mass is 540 g/mol. The van der Waals surface area contributed by atoms with Crippen LogP contribution in [0.1, 0.15) is 29.2 Å². The van der Waals surface area contributed by atoms with E-state index in [4.69, 9.17) is 18.9 Å². The Morgan fingerprint density at radius 3 is 2.23 bits per heavy atom. The Bertz CT molecular complexity index is 1290. The number of phenolic OH excluding ortho intramolecular Hbond substituents is 3. The summed E-state index contributed by atoms with van der Waals surface area (Å²) in [6.45, 7) is -0.373. The molecule has 0 aliphatic carbocycles. The summed E-state index contributed by atoms with van der Waals surface area (Å²) in [5, 5.41) is 50.2. The lowest BCUT2D eigenvalue weighted by molar-refractivity contribution is -0.137. The van der Waals surface area contributed by atoms with E-state index < -0.39 is 24.8 Å². The standard InChI is InChI=1S/C29H32O10/c1-36-25-15-19(5-9-21(25)31)7-12-28(34)38-13-3-4-18-6-11-24(23(33)14-18)39-27(17-30)29(35)20-8-10-22(32)26(16-20)37-2/h5-12,14-16,27,29-33,35H,3-4,13,17H2,1-2H3/b12-7+/t27-,29+/m1/s1. The van der Waals surface area contributed by atoms with Crippen molar-refractivity contribution in [3.05, 3.63) is 77.4 Å². The van der Waals surface area contributed by atoms with E-state index in [0.717, 1.165) is 5.56 Å². The molecular weight excluding hydrogens is 508 g/mol. The van der Waals surface area contributed by atoms with E-state index in [9.17, 15) is 30.3 Å². The molecule has 0 saturated carbocycles. The third kappa shape index (κ3) is 8.03. The van der Waals surface area contributed by atoms with Gasteiger partial charge in [-0.1, -0.05) is 18.2 Å². The quantitative estimate of drug-likeness (QED) is 0.124. The van der Waals surface area contributed by atoms with Crippen LogP contribution >= 0.6 is 0 Å². The molecule has 3 aromatic carbocycles. The average Bonchev–Trinajstić information content (AvgIpc) is 2.94. The van der Waals surface area contributed by atoms with Crippen LogP contribution < -0.4 is 14.2 Å². The first kappa shape index (κ1) is 29.2. The first-order chi connectivity index (χ1) is 18.7. The molecule has 5 N–H and O–H groups in total. The summed E-state index contributed by atoms with van der Waals surface area (Å²) in [5.41, 5.74) is 1.79. The number of hydrogen-bond acceptors (Lipinski definition) is 10. The van der Waals surface area contributed by atoms with Crippen molar-refractivity contribution in [2.75, 3.05) is 27.4 Å². The van der Waals surface area contributed by atoms with Gasteiger partial charge in [-0.2, -0.15) is 0 Å². The van der Waals surface area contributed by atoms with Crippen molar-refractivity contribution >= 4 is 12.0 Å². The van der Waals surface area contributed by atoms with Crippen molar-refractivity contribution in [3.63, 3.8) is 0 Å². The van der Waals surface area contributed by atoms with E-state index in [-0.39, 0.29) is 35.4 Å². The molecule has 10 heteroatoms. The fourth-order valence-electron chi connectivity index (χ4n) is 3.73. The number of phenols is 3. The maximum absolute atomic E-state index is 12.0. The Kier molecular flexibility index (Phi) is 10.4. The number of aryl methyl sites for hydroxylation is 1. The van der Waals surface area contributed by atoms with Crippen molar-refractivity contribution in [2.45, 2.75) is 25.0 Å². The van der Waals surface area contributed by atoms with Crippen molar-refractivity contribution in [1.29, 1.82) is 0 Å². The third-order valence-electron chi connectivity index (χ3n) is 5.85. The summed E-state index contributed by atoms with van der Waals surface area (Å²) in [6.07, 6.45) is 1.50. The first-order valence-electron chi connectivity index (χ1n) is 12.1. The largest absolute Gasteiger partial charge is 0.504 e. The summed E-state index contributed by atoms with van der Waals surface area (Å²) in [6, 6.07) is 13.7. The number of aliphatic hydroxyl groups excluding tert-OH is 2. The summed E-state index contributed by atoms with van der Waals surface area (Å²) in [5.74, 6) is -0.251. The molecule has 0 spiro atoms. The lowest BCUT2D eigenvalue weighted by Gasteiger charge is -2.23. The van der Waals surface area contributed by atoms with E-state index in [1.807, 2.05) is 0 Å². The predicted molar refractivity (Wildman–Crippen MR) is 142 cm³/mol. The highest BCUT2D eigenvalue weighted by atomic mass is 16.5. The van der Waals surface area contributed by atoms with Crippen molar-refractivity contribution < 1.29 is 49.3 Å². The average molecular weight is 541 g/mol. The second-order valence-corrected chi connectivity index (χ2v) is 8.55. The van der Waals surface area contributed by atoms with E-state index in [1.54, 1.807) is 24.3 Å². The van der Waals surface area contributed by atoms with Gasteiger partial charge >= 0.3 is 5.97 Å². The molecule has 0 bridgehead atoms. The van der Waals surface area contributed by atoms with Gasteiger partial charge < -0.3 is 44.5 Å². The van der Waals surface area contributed by atoms with Gasteiger partial charge in [-0.25, -0.2) is 4.79 Å². The van der Waals surface area contributed by atoms with Crippen LogP contribution in [0, 0.1) is 0 Å². The van der Waals surface area contributed by atoms with Gasteiger partial charge in [0.25, 0.3) is 0 Å². The maximum atomic E-state index is 12.0. The summed E-state index contributed by atoms with van der Waals surface area (Å²) < 4.78 is 20.9. The van der Waals surface area contributed by atoms with E-state index >= 15 is 0 Å². The van der Waals surface area contributed by atoms with E-state index in [1.165, 1.54) is 56.7 Å². The molecule has 208 valence electrons. The first-order valence-corrected chi connectivity index (χ1v) is 12.1. The van der Waals surface area contributed by atoms with Crippen LogP contribution in [0.3, 0.4) is 0 Å². The molecule has 10 nitrogen and oxygen atoms in total. The molecule has 0 radical (unpaired) electrons. The number of hydrogen-bond donors (Lipinski definition) is 5. The van der Waals surface area contributed by atoms with Crippen LogP contribution in [0.15, 0.2) is 60.7 Å². The molecule has 0 aromatic heterocycles. The number of aliphatic hydroxyl groups is 2. The third-order valence-corrected chi connectivity index (χ3v) is 5.85. The van der Waals surface area contributed by atoms with Crippen molar-refractivity contribution in [3.8, 4) is 34.5 Å². The van der Waals surface area contributed by atoms with E-state index in [0.29, 0.717) is 29.7 Å². The number of rotatable bonds is 13. The zero-order chi connectivity index (χ0) is 28.4. The van der Waals surface area contributed by atoms with Crippen LogP contribution in [0.5, 0.6) is 34.5 Å². The van der Waals surface area contributed by atoms with Crippen LogP contribution in [-0.2, 0) is 16.0 Å². The van der Waals surface area contributed by atoms with Gasteiger partial charge in [0.05, 0.1) is 27.4 Å². The van der Waals surface area contributed by atoms with Crippen LogP contribution in [0.4, 0.5) is 0 Å². The molecule has 0 heterocycles. The van der Waals surface area contributed by atoms with Gasteiger partial charge in [-0.3, -0.25) is 0 Å². The molecule has 3 aromatic rings. The van der Waals surface area contributed by atoms with Crippen LogP contribution in [-0.4, -0.2) is 65.0 Å². The predicted octanol–water partition coefficient (Wildman–Crippen LogP) is 3.48. The van der Waals surface area contributed by atoms with Gasteiger partial charge in [0.15, 0.2) is 40.6 Å². The number of carbonyl (C=O) groups is 1. The summed E-state index contributed by atoms with van der Waals surface area (Å²) >= 11 is 0. The topological polar surface area (TPSA) is 155 Å². The second-order valence-electron chi connectivity index (χ2n) is 8.55. The highest BCUT2D eigenvalue weighted by molar-refractivity contribution is 5.87. The molecular formula is C29H32O10.